The average molecular weight is 265 g/mol. The minimum absolute atomic E-state index is 0.214. The number of piperidine rings is 1. The molecule has 2 nitrogen and oxygen atoms in total. The lowest BCUT2D eigenvalue weighted by atomic mass is 9.75. The summed E-state index contributed by atoms with van der Waals surface area (Å²) in [7, 11) is 0. The van der Waals surface area contributed by atoms with Gasteiger partial charge in [0.1, 0.15) is 0 Å². The molecular formula is C18H19NO. The fourth-order valence-corrected chi connectivity index (χ4v) is 3.86. The summed E-state index contributed by atoms with van der Waals surface area (Å²) in [5.74, 6) is 0.310. The zero-order valence-electron chi connectivity index (χ0n) is 11.4. The lowest BCUT2D eigenvalue weighted by molar-refractivity contribution is 0.0821. The van der Waals surface area contributed by atoms with Gasteiger partial charge in [0.2, 0.25) is 0 Å². The molecule has 3 heterocycles. The largest absolute Gasteiger partial charge is 0.390 e. The third-order valence-electron chi connectivity index (χ3n) is 4.82. The Balaban J connectivity index is 1.70. The highest BCUT2D eigenvalue weighted by Gasteiger charge is 2.43. The molecule has 5 rings (SSSR count). The first-order valence-corrected chi connectivity index (χ1v) is 7.42. The summed E-state index contributed by atoms with van der Waals surface area (Å²) in [6.07, 6.45) is 1.75. The summed E-state index contributed by atoms with van der Waals surface area (Å²) in [5.41, 5.74) is 3.96. The molecule has 2 bridgehead atoms. The van der Waals surface area contributed by atoms with Crippen LogP contribution in [0.25, 0.3) is 0 Å². The third kappa shape index (κ3) is 1.75. The number of aliphatic hydroxyl groups is 1. The van der Waals surface area contributed by atoms with E-state index >= 15 is 0 Å². The molecule has 2 aromatic carbocycles. The number of hydrogen-bond acceptors (Lipinski definition) is 2. The van der Waals surface area contributed by atoms with E-state index in [1.54, 1.807) is 0 Å². The van der Waals surface area contributed by atoms with Crippen molar-refractivity contribution < 1.29 is 5.11 Å². The zero-order chi connectivity index (χ0) is 13.5. The fraction of sp³-hybridized carbons (Fsp3) is 0.333. The van der Waals surface area contributed by atoms with Crippen molar-refractivity contribution in [1.82, 2.24) is 0 Å². The normalized spacial score (nSPS) is 27.4. The molecule has 102 valence electrons. The van der Waals surface area contributed by atoms with Crippen molar-refractivity contribution in [3.63, 3.8) is 0 Å². The van der Waals surface area contributed by atoms with Gasteiger partial charge >= 0.3 is 0 Å². The minimum atomic E-state index is -0.251. The van der Waals surface area contributed by atoms with Crippen molar-refractivity contribution in [1.29, 1.82) is 0 Å². The monoisotopic (exact) mass is 265 g/mol. The second-order valence-corrected chi connectivity index (χ2v) is 5.90. The van der Waals surface area contributed by atoms with Crippen LogP contribution in [0.5, 0.6) is 0 Å². The summed E-state index contributed by atoms with van der Waals surface area (Å²) in [6, 6.07) is 19.3. The highest BCUT2D eigenvalue weighted by molar-refractivity contribution is 5.61. The summed E-state index contributed by atoms with van der Waals surface area (Å²) in [6.45, 7) is 1.07. The molecule has 2 heteroatoms. The van der Waals surface area contributed by atoms with Crippen LogP contribution < -0.4 is 4.90 Å². The van der Waals surface area contributed by atoms with Crippen molar-refractivity contribution >= 4 is 5.69 Å². The van der Waals surface area contributed by atoms with E-state index in [1.165, 1.54) is 16.8 Å². The van der Waals surface area contributed by atoms with Crippen LogP contribution in [0.15, 0.2) is 54.6 Å². The number of anilines is 1. The molecular weight excluding hydrogens is 246 g/mol. The van der Waals surface area contributed by atoms with Crippen molar-refractivity contribution in [3.05, 3.63) is 65.7 Å². The molecule has 3 unspecified atom stereocenters. The van der Waals surface area contributed by atoms with E-state index in [2.05, 4.69) is 53.4 Å². The van der Waals surface area contributed by atoms with E-state index in [4.69, 9.17) is 0 Å². The number of para-hydroxylation sites is 1. The van der Waals surface area contributed by atoms with E-state index in [9.17, 15) is 5.11 Å². The number of benzene rings is 2. The lowest BCUT2D eigenvalue weighted by Gasteiger charge is -2.51. The van der Waals surface area contributed by atoms with Crippen molar-refractivity contribution in [3.8, 4) is 0 Å². The van der Waals surface area contributed by atoms with Gasteiger partial charge in [-0.2, -0.15) is 0 Å². The van der Waals surface area contributed by atoms with Gasteiger partial charge in [-0.25, -0.2) is 0 Å². The van der Waals surface area contributed by atoms with Gasteiger partial charge in [0.05, 0.1) is 12.1 Å². The molecule has 0 aromatic heterocycles. The molecule has 0 saturated carbocycles. The van der Waals surface area contributed by atoms with Crippen LogP contribution in [0.1, 0.15) is 23.5 Å². The first-order chi connectivity index (χ1) is 9.84. The maximum Gasteiger partial charge on any atom is 0.0816 e. The van der Waals surface area contributed by atoms with Gasteiger partial charge in [0.25, 0.3) is 0 Å². The van der Waals surface area contributed by atoms with E-state index in [-0.39, 0.29) is 12.1 Å². The molecule has 3 atom stereocenters. The van der Waals surface area contributed by atoms with E-state index in [0.29, 0.717) is 5.92 Å². The van der Waals surface area contributed by atoms with Gasteiger partial charge in [-0.15, -0.1) is 0 Å². The molecule has 3 aliphatic rings. The molecule has 3 aliphatic heterocycles. The number of nitrogens with zero attached hydrogens (tertiary/aromatic N) is 1. The van der Waals surface area contributed by atoms with Crippen molar-refractivity contribution in [2.45, 2.75) is 30.9 Å². The van der Waals surface area contributed by atoms with Crippen LogP contribution in [0.2, 0.25) is 0 Å². The minimum Gasteiger partial charge on any atom is -0.390 e. The van der Waals surface area contributed by atoms with E-state index in [1.807, 2.05) is 6.07 Å². The standard InChI is InChI=1S/C18H19NO/c20-18-15-10-11-19(16-9-5-4-8-14(15)16)17(18)12-13-6-2-1-3-7-13/h1-9,15,17-18,20H,10-12H2. The van der Waals surface area contributed by atoms with Gasteiger partial charge < -0.3 is 10.0 Å². The number of aliphatic hydroxyl groups excluding tert-OH is 1. The highest BCUT2D eigenvalue weighted by atomic mass is 16.3. The predicted octanol–water partition coefficient (Wildman–Crippen LogP) is 2.97. The van der Waals surface area contributed by atoms with Crippen LogP contribution in [0.3, 0.4) is 0 Å². The molecule has 1 fully saturated rings. The second kappa shape index (κ2) is 4.64. The Hall–Kier alpha value is -1.80. The molecule has 1 N–H and O–H groups in total. The molecule has 20 heavy (non-hydrogen) atoms. The smallest absolute Gasteiger partial charge is 0.0816 e. The lowest BCUT2D eigenvalue weighted by Crippen LogP contribution is -2.56. The van der Waals surface area contributed by atoms with Crippen LogP contribution in [-0.2, 0) is 6.42 Å². The third-order valence-corrected chi connectivity index (χ3v) is 4.82. The highest BCUT2D eigenvalue weighted by Crippen LogP contribution is 2.45. The van der Waals surface area contributed by atoms with Gasteiger partial charge in [-0.05, 0) is 30.0 Å². The van der Waals surface area contributed by atoms with Crippen LogP contribution in [0, 0.1) is 0 Å². The van der Waals surface area contributed by atoms with Gasteiger partial charge in [-0.3, -0.25) is 0 Å². The molecule has 0 spiro atoms. The first-order valence-electron chi connectivity index (χ1n) is 7.42. The summed E-state index contributed by atoms with van der Waals surface area (Å²) < 4.78 is 0. The molecule has 0 aliphatic carbocycles. The number of hydrogen-bond donors (Lipinski definition) is 1. The Labute approximate surface area is 119 Å². The summed E-state index contributed by atoms with van der Waals surface area (Å²) in [5, 5.41) is 10.7. The van der Waals surface area contributed by atoms with Gasteiger partial charge in [0.15, 0.2) is 0 Å². The number of fused-ring (bicyclic) bond motifs is 2. The maximum absolute atomic E-state index is 10.7. The van der Waals surface area contributed by atoms with Gasteiger partial charge in [0, 0.05) is 18.2 Å². The van der Waals surface area contributed by atoms with Crippen molar-refractivity contribution in [2.24, 2.45) is 0 Å². The second-order valence-electron chi connectivity index (χ2n) is 5.90. The molecule has 2 aromatic rings. The SMILES string of the molecule is OC1C2CCN(c3ccccc32)C1Cc1ccccc1. The molecule has 0 radical (unpaired) electrons. The van der Waals surface area contributed by atoms with E-state index in [0.717, 1.165) is 19.4 Å². The van der Waals surface area contributed by atoms with Crippen molar-refractivity contribution in [2.75, 3.05) is 11.4 Å². The maximum atomic E-state index is 10.7. The number of rotatable bonds is 2. The topological polar surface area (TPSA) is 23.5 Å². The Kier molecular flexibility index (Phi) is 2.78. The van der Waals surface area contributed by atoms with Gasteiger partial charge in [-0.1, -0.05) is 48.5 Å². The van der Waals surface area contributed by atoms with Crippen LogP contribution >= 0.6 is 0 Å². The fourth-order valence-electron chi connectivity index (χ4n) is 3.86. The van der Waals surface area contributed by atoms with Crippen LogP contribution in [-0.4, -0.2) is 23.8 Å². The van der Waals surface area contributed by atoms with Crippen LogP contribution in [0.4, 0.5) is 5.69 Å². The summed E-state index contributed by atoms with van der Waals surface area (Å²) in [4.78, 5) is 2.41. The molecule has 0 amide bonds. The Morgan fingerprint density at radius 2 is 1.75 bits per heavy atom. The zero-order valence-corrected chi connectivity index (χ0v) is 11.4. The predicted molar refractivity (Wildman–Crippen MR) is 81.1 cm³/mol. The van der Waals surface area contributed by atoms with E-state index < -0.39 is 0 Å². The Morgan fingerprint density at radius 1 is 1.00 bits per heavy atom. The quantitative estimate of drug-likeness (QED) is 0.902. The average Bonchev–Trinajstić information content (AvgIpc) is 2.52. The first kappa shape index (κ1) is 12.0. The summed E-state index contributed by atoms with van der Waals surface area (Å²) >= 11 is 0. The molecule has 1 saturated heterocycles. The Morgan fingerprint density at radius 3 is 2.60 bits per heavy atom. The Bertz CT molecular complexity index is 610.